The number of anilines is 1. The van der Waals surface area contributed by atoms with Crippen molar-refractivity contribution in [1.82, 2.24) is 0 Å². The third-order valence-corrected chi connectivity index (χ3v) is 16.1. The Morgan fingerprint density at radius 2 is 1.34 bits per heavy atom. The van der Waals surface area contributed by atoms with Gasteiger partial charge in [0.25, 0.3) is 5.91 Å². The molecule has 1 fully saturated rings. The maximum atomic E-state index is 14.6. The molecule has 7 heteroatoms. The highest BCUT2D eigenvalue weighted by Gasteiger charge is 2.45. The van der Waals surface area contributed by atoms with E-state index in [9.17, 15) is 18.0 Å². The lowest BCUT2D eigenvalue weighted by Crippen LogP contribution is -2.35. The predicted octanol–water partition coefficient (Wildman–Crippen LogP) is 18.0. The number of fused-ring (bicyclic) bond motifs is 8. The quantitative estimate of drug-likeness (QED) is 0.124. The van der Waals surface area contributed by atoms with Crippen LogP contribution in [0.4, 0.5) is 18.9 Å². The smallest absolute Gasteiger partial charge is 0.416 e. The highest BCUT2D eigenvalue weighted by Crippen LogP contribution is 2.59. The molecule has 11 rings (SSSR count). The molecule has 1 saturated carbocycles. The number of nitrogens with one attached hydrogen (secondary N) is 1. The van der Waals surface area contributed by atoms with Crippen molar-refractivity contribution in [3.8, 4) is 44.9 Å². The Hall–Kier alpha value is -7.38. The zero-order valence-electron chi connectivity index (χ0n) is 41.9. The van der Waals surface area contributed by atoms with Crippen LogP contribution in [0.1, 0.15) is 127 Å². The van der Waals surface area contributed by atoms with E-state index < -0.39 is 22.8 Å². The van der Waals surface area contributed by atoms with Crippen molar-refractivity contribution in [3.63, 3.8) is 0 Å². The van der Waals surface area contributed by atoms with Crippen LogP contribution < -0.4 is 14.8 Å². The van der Waals surface area contributed by atoms with Gasteiger partial charge in [-0.2, -0.15) is 13.2 Å². The van der Waals surface area contributed by atoms with Crippen molar-refractivity contribution in [2.75, 3.05) is 12.4 Å². The summed E-state index contributed by atoms with van der Waals surface area (Å²) in [6.45, 7) is 6.63. The van der Waals surface area contributed by atoms with Gasteiger partial charge in [-0.15, -0.1) is 0 Å². The van der Waals surface area contributed by atoms with Crippen LogP contribution in [0, 0.1) is 5.92 Å². The lowest BCUT2D eigenvalue weighted by Gasteiger charge is -2.38. The maximum Gasteiger partial charge on any atom is 0.416 e. The Bertz CT molecular complexity index is 3350. The first-order valence-electron chi connectivity index (χ1n) is 25.9. The third kappa shape index (κ3) is 8.91. The Morgan fingerprint density at radius 3 is 2.01 bits per heavy atom. The van der Waals surface area contributed by atoms with E-state index in [-0.39, 0.29) is 5.91 Å². The van der Waals surface area contributed by atoms with E-state index in [0.717, 1.165) is 67.1 Å². The van der Waals surface area contributed by atoms with Crippen molar-refractivity contribution in [2.45, 2.75) is 95.2 Å². The lowest BCUT2D eigenvalue weighted by atomic mass is 9.76. The average molecular weight is 972 g/mol. The van der Waals surface area contributed by atoms with Crippen molar-refractivity contribution in [1.29, 1.82) is 0 Å². The molecular weight excluding hydrogens is 912 g/mol. The Labute approximate surface area is 426 Å². The summed E-state index contributed by atoms with van der Waals surface area (Å²) in [6.07, 6.45) is 10.1. The van der Waals surface area contributed by atoms with Crippen molar-refractivity contribution < 1.29 is 27.4 Å². The molecule has 0 radical (unpaired) electrons. The molecular formula is C66H60F3NO3. The van der Waals surface area contributed by atoms with E-state index in [2.05, 4.69) is 68.6 Å². The minimum Gasteiger partial charge on any atom is -0.497 e. The first-order valence-corrected chi connectivity index (χ1v) is 25.9. The van der Waals surface area contributed by atoms with Gasteiger partial charge in [0.2, 0.25) is 0 Å². The number of unbranched alkanes of at least 4 members (excludes halogenated alkanes) is 2. The molecule has 1 N–H and O–H groups in total. The summed E-state index contributed by atoms with van der Waals surface area (Å²) in [5, 5.41) is 4.15. The molecule has 4 nitrogen and oxygen atoms in total. The molecule has 1 unspecified atom stereocenters. The zero-order chi connectivity index (χ0) is 50.5. The van der Waals surface area contributed by atoms with Crippen LogP contribution in [0.15, 0.2) is 170 Å². The summed E-state index contributed by atoms with van der Waals surface area (Å²) in [5.41, 5.74) is 10.7. The van der Waals surface area contributed by atoms with Gasteiger partial charge in [0.05, 0.1) is 12.7 Å². The molecule has 2 aliphatic carbocycles. The minimum absolute atomic E-state index is 0.191. The molecule has 0 saturated heterocycles. The van der Waals surface area contributed by atoms with Crippen molar-refractivity contribution >= 4 is 28.4 Å². The van der Waals surface area contributed by atoms with E-state index in [1.807, 2.05) is 115 Å². The van der Waals surface area contributed by atoms with Gasteiger partial charge in [0.1, 0.15) is 11.5 Å². The highest BCUT2D eigenvalue weighted by atomic mass is 19.4. The van der Waals surface area contributed by atoms with Crippen LogP contribution in [0.25, 0.3) is 50.2 Å². The first kappa shape index (κ1) is 47.9. The van der Waals surface area contributed by atoms with Gasteiger partial charge >= 0.3 is 6.18 Å². The maximum absolute atomic E-state index is 14.6. The molecule has 1 atom stereocenters. The second-order valence-corrected chi connectivity index (χ2v) is 20.8. The zero-order valence-corrected chi connectivity index (χ0v) is 41.9. The number of rotatable bonds is 12. The lowest BCUT2D eigenvalue weighted by molar-refractivity contribution is -0.137. The van der Waals surface area contributed by atoms with E-state index in [1.54, 1.807) is 13.2 Å². The van der Waals surface area contributed by atoms with Crippen LogP contribution >= 0.6 is 0 Å². The van der Waals surface area contributed by atoms with E-state index >= 15 is 0 Å². The number of carbonyl (C=O) groups excluding carboxylic acids is 1. The molecule has 73 heavy (non-hydrogen) atoms. The summed E-state index contributed by atoms with van der Waals surface area (Å²) >= 11 is 0. The van der Waals surface area contributed by atoms with Crippen LogP contribution in [-0.2, 0) is 17.2 Å². The molecule has 368 valence electrons. The molecule has 0 spiro atoms. The van der Waals surface area contributed by atoms with E-state index in [4.69, 9.17) is 9.47 Å². The van der Waals surface area contributed by atoms with Gasteiger partial charge in [0.15, 0.2) is 5.60 Å². The van der Waals surface area contributed by atoms with Crippen LogP contribution in [0.5, 0.6) is 11.5 Å². The number of amides is 1. The third-order valence-electron chi connectivity index (χ3n) is 16.1. The predicted molar refractivity (Wildman–Crippen MR) is 291 cm³/mol. The SMILES string of the molecule is CCCCCC1CCC(c2ccc(-c3ccc(C(=O)Nc4ccc(-c5ccc6c(c5)-c5c(c7c(c8cc(C(F)(F)F)ccc58)OC(c5ccccc5)(c5ccc(OC)cc5)C=C7)C6(C)C)cc4)cc3)cc2)CC1. The average Bonchev–Trinajstić information content (AvgIpc) is 3.68. The van der Waals surface area contributed by atoms with Crippen LogP contribution in [0.2, 0.25) is 0 Å². The Morgan fingerprint density at radius 1 is 0.699 bits per heavy atom. The second kappa shape index (κ2) is 19.2. The van der Waals surface area contributed by atoms with Crippen LogP contribution in [-0.4, -0.2) is 13.0 Å². The molecule has 8 aromatic carbocycles. The molecule has 0 aromatic heterocycles. The number of benzene rings is 8. The molecule has 1 heterocycles. The molecule has 1 amide bonds. The fourth-order valence-corrected chi connectivity index (χ4v) is 12.0. The van der Waals surface area contributed by atoms with E-state index in [0.29, 0.717) is 39.4 Å². The summed E-state index contributed by atoms with van der Waals surface area (Å²) in [5.74, 6) is 2.44. The number of carbonyl (C=O) groups is 1. The number of halogens is 3. The first-order chi connectivity index (χ1) is 35.3. The molecule has 1 aliphatic heterocycles. The normalized spacial score (nSPS) is 18.6. The van der Waals surface area contributed by atoms with Gasteiger partial charge < -0.3 is 14.8 Å². The van der Waals surface area contributed by atoms with Crippen molar-refractivity contribution in [3.05, 3.63) is 214 Å². The summed E-state index contributed by atoms with van der Waals surface area (Å²) < 4.78 is 56.6. The fourth-order valence-electron chi connectivity index (χ4n) is 12.0. The van der Waals surface area contributed by atoms with Gasteiger partial charge in [-0.1, -0.05) is 162 Å². The summed E-state index contributed by atoms with van der Waals surface area (Å²) in [6, 6.07) is 52.4. The number of hydrogen-bond acceptors (Lipinski definition) is 3. The summed E-state index contributed by atoms with van der Waals surface area (Å²) in [7, 11) is 1.61. The summed E-state index contributed by atoms with van der Waals surface area (Å²) in [4.78, 5) is 13.5. The second-order valence-electron chi connectivity index (χ2n) is 20.8. The number of alkyl halides is 3. The molecule has 8 aromatic rings. The Balaban J connectivity index is 0.856. The minimum atomic E-state index is -4.57. The monoisotopic (exact) mass is 971 g/mol. The van der Waals surface area contributed by atoms with Gasteiger partial charge in [-0.25, -0.2) is 0 Å². The molecule has 3 aliphatic rings. The molecule has 0 bridgehead atoms. The highest BCUT2D eigenvalue weighted by molar-refractivity contribution is 6.09. The van der Waals surface area contributed by atoms with Crippen LogP contribution in [0.3, 0.4) is 0 Å². The van der Waals surface area contributed by atoms with Gasteiger partial charge in [-0.05, 0) is 154 Å². The number of ether oxygens (including phenoxy) is 2. The van der Waals surface area contributed by atoms with Gasteiger partial charge in [-0.3, -0.25) is 4.79 Å². The fraction of sp³-hybridized carbons (Fsp3) is 0.258. The van der Waals surface area contributed by atoms with Gasteiger partial charge in [0, 0.05) is 38.7 Å². The largest absolute Gasteiger partial charge is 0.497 e. The number of methoxy groups -OCH3 is 1. The topological polar surface area (TPSA) is 47.6 Å². The van der Waals surface area contributed by atoms with Crippen molar-refractivity contribution in [2.24, 2.45) is 5.92 Å². The number of hydrogen-bond donors (Lipinski definition) is 1. The van der Waals surface area contributed by atoms with E-state index in [1.165, 1.54) is 69.1 Å². The standard InChI is InChI=1S/C66H60F3NO3/c1-5-6-8-11-42-14-16-43(17-15-42)44-18-20-45(21-19-44)46-22-24-48(25-23-46)63(71)70-53-32-26-47(27-33-53)49-28-37-59-58(40-49)60-55-36-31-52(66(67,68)69)41-57(55)62-56(61(60)64(59,2)3)38-39-65(73-62,50-12-9-7-10-13-50)51-29-34-54(72-4)35-30-51/h7,9-10,12-13,18-43H,5-6,8,11,14-17H2,1-4H3,(H,70,71). The Kier molecular flexibility index (Phi) is 12.6.